The number of carbonyl (C=O) groups is 8. The van der Waals surface area contributed by atoms with E-state index in [1.54, 1.807) is 48.5 Å². The number of fused-ring (bicyclic) bond motifs is 2. The first-order valence-electron chi connectivity index (χ1n) is 28.9. The van der Waals surface area contributed by atoms with E-state index in [4.69, 9.17) is 18.9 Å². The molecule has 0 bridgehead atoms. The predicted molar refractivity (Wildman–Crippen MR) is 305 cm³/mol. The molecule has 2 saturated heterocycles. The summed E-state index contributed by atoms with van der Waals surface area (Å²) in [7, 11) is 1.46. The van der Waals surface area contributed by atoms with E-state index < -0.39 is 106 Å². The maximum atomic E-state index is 15.0. The Morgan fingerprint density at radius 1 is 0.580 bits per heavy atom. The fourth-order valence-electron chi connectivity index (χ4n) is 11.0. The average Bonchev–Trinajstić information content (AvgIpc) is 4.06. The summed E-state index contributed by atoms with van der Waals surface area (Å²) >= 11 is 0. The Balaban J connectivity index is 1.18. The number of hydrogen-bond donors (Lipinski definition) is 5. The maximum absolute atomic E-state index is 15.0. The van der Waals surface area contributed by atoms with Crippen molar-refractivity contribution in [3.8, 4) is 0 Å². The van der Waals surface area contributed by atoms with Crippen molar-refractivity contribution in [2.45, 2.75) is 220 Å². The average molecular weight is 1130 g/mol. The molecule has 448 valence electrons. The number of benzene rings is 2. The van der Waals surface area contributed by atoms with Gasteiger partial charge in [0.2, 0.25) is 35.4 Å². The van der Waals surface area contributed by atoms with E-state index in [2.05, 4.69) is 38.7 Å². The summed E-state index contributed by atoms with van der Waals surface area (Å²) in [5.74, 6) is -2.85. The number of aryl methyl sites for hydroxylation is 2. The molecule has 20 heteroatoms. The SMILES string of the molecule is C[C@H](NC(=O)OC(C)(C)C)C(=O)N[C@H](C(=O)N1C[C@@H](OCCO[C@H]2C[C@@H](C(=O)NC3CCCc4ccccc43)N(C(=O)[C@@H](NC(=O)[C@H](C)N(C)C(=O)OC(C)(C)C)C(C)(C)C)C2)C[C@H]1C(=O)N[C@@H]1CCCc2ccccc21)C(C)(C)C. The summed E-state index contributed by atoms with van der Waals surface area (Å²) in [6.07, 6.45) is 2.57. The number of likely N-dealkylation sites (tertiary alicyclic amines) is 2. The van der Waals surface area contributed by atoms with Crippen molar-refractivity contribution in [3.05, 3.63) is 70.8 Å². The third-order valence-corrected chi connectivity index (χ3v) is 15.4. The number of carbonyl (C=O) groups excluding carboxylic acids is 8. The third kappa shape index (κ3) is 17.1. The number of alkyl carbamates (subject to hydrolysis) is 1. The van der Waals surface area contributed by atoms with E-state index in [1.807, 2.05) is 77.9 Å². The Kier molecular flexibility index (Phi) is 20.8. The van der Waals surface area contributed by atoms with Crippen LogP contribution in [0.3, 0.4) is 0 Å². The molecule has 2 heterocycles. The molecule has 20 nitrogen and oxygen atoms in total. The third-order valence-electron chi connectivity index (χ3n) is 15.4. The van der Waals surface area contributed by atoms with Crippen LogP contribution in [-0.2, 0) is 60.6 Å². The summed E-state index contributed by atoms with van der Waals surface area (Å²) in [6, 6.07) is 9.28. The van der Waals surface area contributed by atoms with Crippen LogP contribution in [0.2, 0.25) is 0 Å². The Bertz CT molecular complexity index is 2600. The van der Waals surface area contributed by atoms with Crippen molar-refractivity contribution >= 4 is 47.6 Å². The standard InChI is InChI=1S/C61H92N8O12/c1-36(62-56(76)80-60(9,10)11)50(70)65-48(58(3,4)5)54(74)68-34-40(32-46(68)52(72)63-44-28-20-24-38-22-16-18-26-42(38)44)78-30-31-79-41-33-47(53(73)64-45-29-21-25-39-23-17-19-27-43(39)45)69(35-41)55(75)49(59(6,7)8)66-51(71)37(2)67(15)57(77)81-61(12,13)14/h16-19,22-23,26-27,36-37,40-41,44-49H,20-21,24-25,28-35H2,1-15H3,(H,62,76)(H,63,72)(H,64,73)(H,65,70)(H,66,71)/t36-,37-,40-,41-,44+,45?,46-,47-,48+,49+/m0/s1. The topological polar surface area (TPSA) is 243 Å². The maximum Gasteiger partial charge on any atom is 0.410 e. The van der Waals surface area contributed by atoms with Crippen LogP contribution in [0.5, 0.6) is 0 Å². The zero-order chi connectivity index (χ0) is 59.9. The smallest absolute Gasteiger partial charge is 0.410 e. The van der Waals surface area contributed by atoms with Crippen LogP contribution < -0.4 is 26.6 Å². The van der Waals surface area contributed by atoms with E-state index in [-0.39, 0.29) is 63.0 Å². The molecular formula is C61H92N8O12. The lowest BCUT2D eigenvalue weighted by Crippen LogP contribution is -2.60. The van der Waals surface area contributed by atoms with Gasteiger partial charge < -0.3 is 55.3 Å². The first-order chi connectivity index (χ1) is 37.7. The predicted octanol–water partition coefficient (Wildman–Crippen LogP) is 6.58. The second-order valence-corrected chi connectivity index (χ2v) is 26.5. The minimum absolute atomic E-state index is 0.0245. The molecule has 5 N–H and O–H groups in total. The van der Waals surface area contributed by atoms with E-state index in [0.29, 0.717) is 0 Å². The molecule has 0 spiro atoms. The van der Waals surface area contributed by atoms with Gasteiger partial charge in [-0.25, -0.2) is 9.59 Å². The van der Waals surface area contributed by atoms with Gasteiger partial charge in [-0.3, -0.25) is 33.7 Å². The largest absolute Gasteiger partial charge is 0.444 e. The van der Waals surface area contributed by atoms with Crippen molar-refractivity contribution in [2.24, 2.45) is 10.8 Å². The minimum Gasteiger partial charge on any atom is -0.444 e. The van der Waals surface area contributed by atoms with Crippen LogP contribution in [0.25, 0.3) is 0 Å². The lowest BCUT2D eigenvalue weighted by atomic mass is 9.85. The first kappa shape index (κ1) is 63.9. The molecule has 2 fully saturated rings. The van der Waals surface area contributed by atoms with Crippen molar-refractivity contribution in [1.29, 1.82) is 0 Å². The Morgan fingerprint density at radius 2 is 0.988 bits per heavy atom. The van der Waals surface area contributed by atoms with Crippen LogP contribution >= 0.6 is 0 Å². The van der Waals surface area contributed by atoms with Gasteiger partial charge in [0.05, 0.1) is 37.5 Å². The van der Waals surface area contributed by atoms with Gasteiger partial charge >= 0.3 is 12.2 Å². The molecule has 2 aliphatic carbocycles. The molecule has 2 aromatic rings. The molecule has 8 amide bonds. The van der Waals surface area contributed by atoms with Crippen LogP contribution in [-0.4, -0.2) is 155 Å². The molecule has 0 aromatic heterocycles. The normalized spacial score (nSPS) is 22.6. The van der Waals surface area contributed by atoms with E-state index in [1.165, 1.54) is 28.7 Å². The summed E-state index contributed by atoms with van der Waals surface area (Å²) in [5.41, 5.74) is 1.11. The quantitative estimate of drug-likeness (QED) is 0.106. The van der Waals surface area contributed by atoms with Gasteiger partial charge in [0.25, 0.3) is 0 Å². The lowest BCUT2D eigenvalue weighted by molar-refractivity contribution is -0.144. The highest BCUT2D eigenvalue weighted by molar-refractivity contribution is 5.96. The first-order valence-corrected chi connectivity index (χ1v) is 28.9. The van der Waals surface area contributed by atoms with Gasteiger partial charge in [-0.1, -0.05) is 90.1 Å². The second-order valence-electron chi connectivity index (χ2n) is 26.5. The van der Waals surface area contributed by atoms with Crippen molar-refractivity contribution in [2.75, 3.05) is 33.4 Å². The number of ether oxygens (including phenoxy) is 4. The van der Waals surface area contributed by atoms with Gasteiger partial charge in [-0.05, 0) is 127 Å². The zero-order valence-corrected chi connectivity index (χ0v) is 50.6. The van der Waals surface area contributed by atoms with E-state index >= 15 is 0 Å². The molecule has 6 rings (SSSR count). The highest BCUT2D eigenvalue weighted by atomic mass is 16.6. The van der Waals surface area contributed by atoms with Gasteiger partial charge in [0.15, 0.2) is 0 Å². The van der Waals surface area contributed by atoms with Gasteiger partial charge in [-0.15, -0.1) is 0 Å². The molecule has 0 saturated carbocycles. The van der Waals surface area contributed by atoms with Crippen LogP contribution in [0, 0.1) is 10.8 Å². The summed E-state index contributed by atoms with van der Waals surface area (Å²) in [6.45, 7) is 24.4. The highest BCUT2D eigenvalue weighted by Crippen LogP contribution is 2.34. The molecule has 2 aromatic carbocycles. The van der Waals surface area contributed by atoms with Crippen LogP contribution in [0.1, 0.15) is 170 Å². The van der Waals surface area contributed by atoms with Crippen LogP contribution in [0.15, 0.2) is 48.5 Å². The number of hydrogen-bond acceptors (Lipinski definition) is 12. The molecule has 0 radical (unpaired) electrons. The zero-order valence-electron chi connectivity index (χ0n) is 50.6. The fraction of sp³-hybridized carbons (Fsp3) is 0.672. The van der Waals surface area contributed by atoms with Crippen molar-refractivity contribution < 1.29 is 57.3 Å². The summed E-state index contributed by atoms with van der Waals surface area (Å²) in [4.78, 5) is 116. The Hall–Kier alpha value is -6.28. The molecule has 81 heavy (non-hydrogen) atoms. The summed E-state index contributed by atoms with van der Waals surface area (Å²) in [5, 5.41) is 14.8. The number of likely N-dealkylation sites (N-methyl/N-ethyl adjacent to an activating group) is 1. The number of amides is 8. The molecule has 2 aliphatic heterocycles. The van der Waals surface area contributed by atoms with Crippen molar-refractivity contribution in [1.82, 2.24) is 41.3 Å². The van der Waals surface area contributed by atoms with Crippen molar-refractivity contribution in [3.63, 3.8) is 0 Å². The molecular weight excluding hydrogens is 1040 g/mol. The van der Waals surface area contributed by atoms with Gasteiger partial charge in [0, 0.05) is 33.0 Å². The molecule has 1 unspecified atom stereocenters. The monoisotopic (exact) mass is 1130 g/mol. The van der Waals surface area contributed by atoms with Gasteiger partial charge in [-0.2, -0.15) is 0 Å². The van der Waals surface area contributed by atoms with Gasteiger partial charge in [0.1, 0.15) is 47.5 Å². The minimum atomic E-state index is -1.11. The Labute approximate surface area is 479 Å². The fourth-order valence-corrected chi connectivity index (χ4v) is 11.0. The highest BCUT2D eigenvalue weighted by Gasteiger charge is 2.48. The second kappa shape index (κ2) is 26.3. The Morgan fingerprint density at radius 3 is 1.40 bits per heavy atom. The lowest BCUT2D eigenvalue weighted by Gasteiger charge is -2.37. The number of nitrogens with zero attached hydrogens (tertiary/aromatic N) is 3. The number of nitrogens with one attached hydrogen (secondary N) is 5. The van der Waals surface area contributed by atoms with E-state index in [0.717, 1.165) is 60.8 Å². The summed E-state index contributed by atoms with van der Waals surface area (Å²) < 4.78 is 23.8. The van der Waals surface area contributed by atoms with Crippen LogP contribution in [0.4, 0.5) is 9.59 Å². The molecule has 4 aliphatic rings. The van der Waals surface area contributed by atoms with E-state index in [9.17, 15) is 38.4 Å². The number of rotatable bonds is 17. The molecule has 10 atom stereocenters.